The standard InChI is InChI=1S/C19H22N2O3S2/c1-5-21-17-9-8-16(11-18(17)25-19(21)22)26(23,24)20-14(4)15-7-6-12(2)13(3)10-15/h6-11,14,20H,5H2,1-4H3/t14-/m0/s1. The Morgan fingerprint density at radius 1 is 1.12 bits per heavy atom. The van der Waals surface area contributed by atoms with E-state index in [1.165, 1.54) is 5.56 Å². The molecule has 3 rings (SSSR count). The maximum atomic E-state index is 12.8. The molecule has 0 radical (unpaired) electrons. The van der Waals surface area contributed by atoms with Gasteiger partial charge in [0.05, 0.1) is 15.1 Å². The van der Waals surface area contributed by atoms with Crippen LogP contribution in [-0.4, -0.2) is 13.0 Å². The van der Waals surface area contributed by atoms with Crippen LogP contribution in [0.4, 0.5) is 0 Å². The Balaban J connectivity index is 1.93. The van der Waals surface area contributed by atoms with Gasteiger partial charge in [0, 0.05) is 12.6 Å². The van der Waals surface area contributed by atoms with E-state index in [0.717, 1.165) is 28.0 Å². The first-order chi connectivity index (χ1) is 12.2. The van der Waals surface area contributed by atoms with E-state index in [-0.39, 0.29) is 15.8 Å². The molecule has 26 heavy (non-hydrogen) atoms. The molecule has 0 saturated heterocycles. The molecule has 0 aliphatic rings. The first kappa shape index (κ1) is 18.8. The molecule has 0 bridgehead atoms. The summed E-state index contributed by atoms with van der Waals surface area (Å²) in [7, 11) is -3.69. The fourth-order valence-electron chi connectivity index (χ4n) is 2.92. The second-order valence-corrected chi connectivity index (χ2v) is 9.14. The summed E-state index contributed by atoms with van der Waals surface area (Å²) in [6.07, 6.45) is 0. The predicted octanol–water partition coefficient (Wildman–Crippen LogP) is 3.74. The molecule has 1 atom stereocenters. The molecule has 0 amide bonds. The maximum absolute atomic E-state index is 12.8. The molecule has 1 N–H and O–H groups in total. The molecule has 138 valence electrons. The topological polar surface area (TPSA) is 68.2 Å². The molecule has 0 unspecified atom stereocenters. The van der Waals surface area contributed by atoms with Crippen molar-refractivity contribution < 1.29 is 8.42 Å². The van der Waals surface area contributed by atoms with Gasteiger partial charge in [0.15, 0.2) is 0 Å². The van der Waals surface area contributed by atoms with Crippen LogP contribution >= 0.6 is 11.3 Å². The number of rotatable bonds is 5. The predicted molar refractivity (Wildman–Crippen MR) is 106 cm³/mol. The minimum atomic E-state index is -3.69. The summed E-state index contributed by atoms with van der Waals surface area (Å²) in [5, 5.41) is 0. The molecule has 0 fully saturated rings. The summed E-state index contributed by atoms with van der Waals surface area (Å²) in [4.78, 5) is 12.1. The van der Waals surface area contributed by atoms with Crippen molar-refractivity contribution in [1.82, 2.24) is 9.29 Å². The number of hydrogen-bond acceptors (Lipinski definition) is 4. The van der Waals surface area contributed by atoms with Gasteiger partial charge in [-0.15, -0.1) is 0 Å². The van der Waals surface area contributed by atoms with Gasteiger partial charge in [-0.25, -0.2) is 13.1 Å². The summed E-state index contributed by atoms with van der Waals surface area (Å²) in [6, 6.07) is 10.4. The van der Waals surface area contributed by atoms with Gasteiger partial charge < -0.3 is 0 Å². The van der Waals surface area contributed by atoms with Crippen LogP contribution in [0.2, 0.25) is 0 Å². The Morgan fingerprint density at radius 2 is 1.85 bits per heavy atom. The van der Waals surface area contributed by atoms with Crippen LogP contribution in [0.5, 0.6) is 0 Å². The van der Waals surface area contributed by atoms with Gasteiger partial charge >= 0.3 is 4.87 Å². The van der Waals surface area contributed by atoms with Crippen molar-refractivity contribution in [3.8, 4) is 0 Å². The van der Waals surface area contributed by atoms with E-state index in [2.05, 4.69) is 4.72 Å². The lowest BCUT2D eigenvalue weighted by Gasteiger charge is -2.16. The highest BCUT2D eigenvalue weighted by Gasteiger charge is 2.20. The summed E-state index contributed by atoms with van der Waals surface area (Å²) in [5.41, 5.74) is 3.98. The quantitative estimate of drug-likeness (QED) is 0.722. The molecule has 2 aromatic carbocycles. The van der Waals surface area contributed by atoms with Gasteiger partial charge in [-0.05, 0) is 62.6 Å². The third kappa shape index (κ3) is 3.47. The lowest BCUT2D eigenvalue weighted by molar-refractivity contribution is 0.567. The van der Waals surface area contributed by atoms with Crippen molar-refractivity contribution in [3.05, 3.63) is 62.8 Å². The average Bonchev–Trinajstić information content (AvgIpc) is 2.90. The minimum absolute atomic E-state index is 0.0755. The highest BCUT2D eigenvalue weighted by molar-refractivity contribution is 7.89. The molecule has 1 heterocycles. The first-order valence-electron chi connectivity index (χ1n) is 8.46. The third-order valence-electron chi connectivity index (χ3n) is 4.63. The van der Waals surface area contributed by atoms with E-state index >= 15 is 0 Å². The zero-order valence-electron chi connectivity index (χ0n) is 15.2. The summed E-state index contributed by atoms with van der Waals surface area (Å²) in [5.74, 6) is 0. The molecule has 0 saturated carbocycles. The zero-order chi connectivity index (χ0) is 19.1. The van der Waals surface area contributed by atoms with Gasteiger partial charge in [-0.3, -0.25) is 9.36 Å². The van der Waals surface area contributed by atoms with Gasteiger partial charge in [-0.2, -0.15) is 0 Å². The van der Waals surface area contributed by atoms with E-state index in [4.69, 9.17) is 0 Å². The highest BCUT2D eigenvalue weighted by atomic mass is 32.2. The van der Waals surface area contributed by atoms with Gasteiger partial charge in [0.2, 0.25) is 10.0 Å². The second kappa shape index (κ2) is 6.98. The summed E-state index contributed by atoms with van der Waals surface area (Å²) < 4.78 is 30.6. The Bertz CT molecular complexity index is 1130. The Kier molecular flexibility index (Phi) is 5.05. The smallest absolute Gasteiger partial charge is 0.299 e. The normalized spacial score (nSPS) is 13.2. The van der Waals surface area contributed by atoms with Crippen molar-refractivity contribution in [2.75, 3.05) is 0 Å². The number of nitrogens with one attached hydrogen (secondary N) is 1. The number of hydrogen-bond donors (Lipinski definition) is 1. The van der Waals surface area contributed by atoms with E-state index in [9.17, 15) is 13.2 Å². The fourth-order valence-corrected chi connectivity index (χ4v) is 5.24. The van der Waals surface area contributed by atoms with Gasteiger partial charge in [0.1, 0.15) is 0 Å². The molecule has 0 aliphatic heterocycles. The molecular weight excluding hydrogens is 368 g/mol. The zero-order valence-corrected chi connectivity index (χ0v) is 16.9. The monoisotopic (exact) mass is 390 g/mol. The summed E-state index contributed by atoms with van der Waals surface area (Å²) in [6.45, 7) is 8.31. The van der Waals surface area contributed by atoms with Crippen molar-refractivity contribution in [3.63, 3.8) is 0 Å². The van der Waals surface area contributed by atoms with Gasteiger partial charge in [0.25, 0.3) is 0 Å². The van der Waals surface area contributed by atoms with Crippen LogP contribution in [-0.2, 0) is 16.6 Å². The number of sulfonamides is 1. The van der Waals surface area contributed by atoms with Crippen LogP contribution < -0.4 is 9.60 Å². The van der Waals surface area contributed by atoms with Crippen LogP contribution in [0.3, 0.4) is 0 Å². The minimum Gasteiger partial charge on any atom is -0.299 e. The number of aryl methyl sites for hydroxylation is 3. The van der Waals surface area contributed by atoms with Crippen molar-refractivity contribution >= 4 is 31.6 Å². The molecule has 1 aromatic heterocycles. The first-order valence-corrected chi connectivity index (χ1v) is 10.8. The van der Waals surface area contributed by atoms with Crippen molar-refractivity contribution in [1.29, 1.82) is 0 Å². The number of nitrogens with zero attached hydrogens (tertiary/aromatic N) is 1. The number of fused-ring (bicyclic) bond motifs is 1. The second-order valence-electron chi connectivity index (χ2n) is 6.43. The van der Waals surface area contributed by atoms with Crippen LogP contribution in [0.1, 0.15) is 36.6 Å². The molecule has 7 heteroatoms. The molecule has 0 aliphatic carbocycles. The Labute approximate surface area is 157 Å². The highest BCUT2D eigenvalue weighted by Crippen LogP contribution is 2.24. The fraction of sp³-hybridized carbons (Fsp3) is 0.316. The van der Waals surface area contributed by atoms with Crippen molar-refractivity contribution in [2.45, 2.75) is 45.2 Å². The van der Waals surface area contributed by atoms with Crippen LogP contribution in [0.25, 0.3) is 10.2 Å². The molecule has 5 nitrogen and oxygen atoms in total. The largest absolute Gasteiger partial charge is 0.308 e. The summed E-state index contributed by atoms with van der Waals surface area (Å²) >= 11 is 1.07. The van der Waals surface area contributed by atoms with Crippen LogP contribution in [0, 0.1) is 13.8 Å². The van der Waals surface area contributed by atoms with E-state index < -0.39 is 10.0 Å². The van der Waals surface area contributed by atoms with E-state index in [0.29, 0.717) is 11.2 Å². The Morgan fingerprint density at radius 3 is 2.50 bits per heavy atom. The lowest BCUT2D eigenvalue weighted by Crippen LogP contribution is -2.27. The van der Waals surface area contributed by atoms with E-state index in [1.54, 1.807) is 22.8 Å². The van der Waals surface area contributed by atoms with Crippen molar-refractivity contribution in [2.24, 2.45) is 0 Å². The number of thiazole rings is 1. The van der Waals surface area contributed by atoms with Gasteiger partial charge in [-0.1, -0.05) is 29.5 Å². The lowest BCUT2D eigenvalue weighted by atomic mass is 10.0. The average molecular weight is 391 g/mol. The van der Waals surface area contributed by atoms with Crippen LogP contribution in [0.15, 0.2) is 46.1 Å². The number of benzene rings is 2. The maximum Gasteiger partial charge on any atom is 0.308 e. The third-order valence-corrected chi connectivity index (χ3v) is 7.11. The Hall–Kier alpha value is -1.96. The SMILES string of the molecule is CCn1c(=O)sc2cc(S(=O)(=O)N[C@@H](C)c3ccc(C)c(C)c3)ccc21. The molecule has 3 aromatic rings. The molecular formula is C19H22N2O3S2. The number of aromatic nitrogens is 1. The molecule has 0 spiro atoms. The van der Waals surface area contributed by atoms with E-state index in [1.807, 2.05) is 45.9 Å².